The monoisotopic (exact) mass is 253 g/mol. The lowest BCUT2D eigenvalue weighted by atomic mass is 10.0. The van der Waals surface area contributed by atoms with Crippen LogP contribution in [0.4, 0.5) is 0 Å². The third-order valence-electron chi connectivity index (χ3n) is 3.87. The number of fused-ring (bicyclic) bond motifs is 1. The Morgan fingerprint density at radius 1 is 1.41 bits per heavy atom. The van der Waals surface area contributed by atoms with Crippen LogP contribution >= 0.6 is 11.6 Å². The average Bonchev–Trinajstić information content (AvgIpc) is 2.90. The van der Waals surface area contributed by atoms with E-state index in [0.29, 0.717) is 22.6 Å². The maximum atomic E-state index is 12.3. The molecule has 17 heavy (non-hydrogen) atoms. The Hall–Kier alpha value is -1.00. The molecule has 2 saturated heterocycles. The van der Waals surface area contributed by atoms with Crippen molar-refractivity contribution < 1.29 is 4.79 Å². The minimum absolute atomic E-state index is 0.105. The first-order valence-electron chi connectivity index (χ1n) is 5.97. The van der Waals surface area contributed by atoms with E-state index in [1.807, 2.05) is 11.9 Å². The Morgan fingerprint density at radius 3 is 2.59 bits per heavy atom. The van der Waals surface area contributed by atoms with E-state index in [0.717, 1.165) is 26.2 Å². The van der Waals surface area contributed by atoms with Gasteiger partial charge < -0.3 is 14.8 Å². The predicted molar refractivity (Wildman–Crippen MR) is 66.2 cm³/mol. The normalized spacial score (nSPS) is 27.5. The van der Waals surface area contributed by atoms with Crippen molar-refractivity contribution in [1.29, 1.82) is 0 Å². The van der Waals surface area contributed by atoms with Gasteiger partial charge in [-0.25, -0.2) is 0 Å². The van der Waals surface area contributed by atoms with Crippen LogP contribution in [0.5, 0.6) is 0 Å². The van der Waals surface area contributed by atoms with Gasteiger partial charge in [-0.3, -0.25) is 4.79 Å². The van der Waals surface area contributed by atoms with Gasteiger partial charge in [0.15, 0.2) is 0 Å². The number of amides is 1. The zero-order valence-corrected chi connectivity index (χ0v) is 10.6. The van der Waals surface area contributed by atoms with E-state index in [2.05, 4.69) is 5.32 Å². The van der Waals surface area contributed by atoms with Crippen LogP contribution in [0, 0.1) is 11.8 Å². The number of carbonyl (C=O) groups is 1. The number of likely N-dealkylation sites (tertiary alicyclic amines) is 1. The molecule has 0 radical (unpaired) electrons. The summed E-state index contributed by atoms with van der Waals surface area (Å²) in [5.74, 6) is 1.37. The Bertz CT molecular complexity index is 445. The Balaban J connectivity index is 1.77. The SMILES string of the molecule is Cn1cc(Cl)cc1C(=O)N1C[C@H]2CNC[C@H]2C1. The number of hydrogen-bond acceptors (Lipinski definition) is 2. The van der Waals surface area contributed by atoms with E-state index in [9.17, 15) is 4.79 Å². The van der Waals surface area contributed by atoms with Crippen molar-refractivity contribution in [1.82, 2.24) is 14.8 Å². The van der Waals surface area contributed by atoms with Crippen LogP contribution in [-0.4, -0.2) is 41.6 Å². The smallest absolute Gasteiger partial charge is 0.270 e. The molecule has 0 unspecified atom stereocenters. The van der Waals surface area contributed by atoms with Gasteiger partial charge >= 0.3 is 0 Å². The summed E-state index contributed by atoms with van der Waals surface area (Å²) < 4.78 is 1.80. The molecule has 0 saturated carbocycles. The average molecular weight is 254 g/mol. The summed E-state index contributed by atoms with van der Waals surface area (Å²) in [5.41, 5.74) is 0.683. The molecule has 2 aliphatic rings. The summed E-state index contributed by atoms with van der Waals surface area (Å²) in [6.45, 7) is 3.84. The van der Waals surface area contributed by atoms with E-state index >= 15 is 0 Å². The van der Waals surface area contributed by atoms with Crippen molar-refractivity contribution in [3.8, 4) is 0 Å². The molecule has 1 amide bonds. The highest BCUT2D eigenvalue weighted by molar-refractivity contribution is 6.31. The second-order valence-corrected chi connectivity index (χ2v) is 5.48. The number of rotatable bonds is 1. The third kappa shape index (κ3) is 1.85. The van der Waals surface area contributed by atoms with Crippen molar-refractivity contribution in [2.45, 2.75) is 0 Å². The topological polar surface area (TPSA) is 37.3 Å². The lowest BCUT2D eigenvalue weighted by Gasteiger charge is -2.17. The molecular weight excluding hydrogens is 238 g/mol. The summed E-state index contributed by atoms with van der Waals surface area (Å²) in [5, 5.41) is 4.00. The molecule has 4 nitrogen and oxygen atoms in total. The van der Waals surface area contributed by atoms with Crippen molar-refractivity contribution in [2.75, 3.05) is 26.2 Å². The maximum Gasteiger partial charge on any atom is 0.270 e. The molecule has 2 aliphatic heterocycles. The second kappa shape index (κ2) is 4.03. The minimum Gasteiger partial charge on any atom is -0.345 e. The molecule has 92 valence electrons. The predicted octanol–water partition coefficient (Wildman–Crippen LogP) is 0.970. The molecule has 0 aromatic carbocycles. The van der Waals surface area contributed by atoms with Crippen molar-refractivity contribution in [3.05, 3.63) is 23.0 Å². The molecule has 1 aromatic rings. The van der Waals surface area contributed by atoms with Crippen LogP contribution in [0.25, 0.3) is 0 Å². The number of carbonyl (C=O) groups excluding carboxylic acids is 1. The van der Waals surface area contributed by atoms with Crippen LogP contribution in [0.2, 0.25) is 5.02 Å². The molecule has 2 fully saturated rings. The van der Waals surface area contributed by atoms with Gasteiger partial charge in [0.2, 0.25) is 0 Å². The Morgan fingerprint density at radius 2 is 2.06 bits per heavy atom. The van der Waals surface area contributed by atoms with E-state index in [4.69, 9.17) is 11.6 Å². The van der Waals surface area contributed by atoms with Gasteiger partial charge in [-0.05, 0) is 17.9 Å². The molecule has 0 aliphatic carbocycles. The van der Waals surface area contributed by atoms with Crippen LogP contribution in [0.3, 0.4) is 0 Å². The minimum atomic E-state index is 0.105. The van der Waals surface area contributed by atoms with Gasteiger partial charge in [0.1, 0.15) is 5.69 Å². The fraction of sp³-hybridized carbons (Fsp3) is 0.583. The first-order chi connectivity index (χ1) is 8.15. The van der Waals surface area contributed by atoms with E-state index in [1.165, 1.54) is 0 Å². The summed E-state index contributed by atoms with van der Waals surface area (Å²) in [6.07, 6.45) is 1.77. The number of halogens is 1. The highest BCUT2D eigenvalue weighted by atomic mass is 35.5. The van der Waals surface area contributed by atoms with Gasteiger partial charge in [-0.2, -0.15) is 0 Å². The highest BCUT2D eigenvalue weighted by Crippen LogP contribution is 2.27. The van der Waals surface area contributed by atoms with E-state index in [1.54, 1.807) is 16.8 Å². The van der Waals surface area contributed by atoms with E-state index < -0.39 is 0 Å². The summed E-state index contributed by atoms with van der Waals surface area (Å²) in [7, 11) is 1.86. The van der Waals surface area contributed by atoms with Crippen molar-refractivity contribution in [3.63, 3.8) is 0 Å². The van der Waals surface area contributed by atoms with Crippen LogP contribution in [0.15, 0.2) is 12.3 Å². The molecule has 3 rings (SSSR count). The molecule has 0 bridgehead atoms. The standard InChI is InChI=1S/C12H16ClN3O/c1-15-7-10(13)2-11(15)12(17)16-5-8-3-14-4-9(8)6-16/h2,7-9,14H,3-6H2,1H3/t8-,9+. The molecular formula is C12H16ClN3O. The molecule has 0 spiro atoms. The zero-order valence-electron chi connectivity index (χ0n) is 9.82. The fourth-order valence-electron chi connectivity index (χ4n) is 2.92. The second-order valence-electron chi connectivity index (χ2n) is 5.04. The lowest BCUT2D eigenvalue weighted by molar-refractivity contribution is 0.0772. The van der Waals surface area contributed by atoms with Crippen molar-refractivity contribution in [2.24, 2.45) is 18.9 Å². The number of nitrogens with zero attached hydrogens (tertiary/aromatic N) is 2. The fourth-order valence-corrected chi connectivity index (χ4v) is 3.17. The maximum absolute atomic E-state index is 12.3. The number of aryl methyl sites for hydroxylation is 1. The zero-order chi connectivity index (χ0) is 12.0. The summed E-state index contributed by atoms with van der Waals surface area (Å²) in [4.78, 5) is 14.3. The van der Waals surface area contributed by atoms with Crippen LogP contribution in [-0.2, 0) is 7.05 Å². The van der Waals surface area contributed by atoms with Gasteiger partial charge in [0.05, 0.1) is 5.02 Å². The summed E-state index contributed by atoms with van der Waals surface area (Å²) >= 11 is 5.91. The molecule has 1 N–H and O–H groups in total. The van der Waals surface area contributed by atoms with Gasteiger partial charge in [-0.1, -0.05) is 11.6 Å². The van der Waals surface area contributed by atoms with Crippen LogP contribution in [0.1, 0.15) is 10.5 Å². The van der Waals surface area contributed by atoms with Crippen LogP contribution < -0.4 is 5.32 Å². The number of nitrogens with one attached hydrogen (secondary N) is 1. The lowest BCUT2D eigenvalue weighted by Crippen LogP contribution is -2.32. The number of aromatic nitrogens is 1. The summed E-state index contributed by atoms with van der Waals surface area (Å²) in [6, 6.07) is 1.75. The largest absolute Gasteiger partial charge is 0.345 e. The third-order valence-corrected chi connectivity index (χ3v) is 4.07. The first kappa shape index (κ1) is 11.1. The quantitative estimate of drug-likeness (QED) is 0.810. The Kier molecular flexibility index (Phi) is 2.64. The van der Waals surface area contributed by atoms with Crippen molar-refractivity contribution >= 4 is 17.5 Å². The van der Waals surface area contributed by atoms with Gasteiger partial charge in [0, 0.05) is 39.4 Å². The Labute approximate surface area is 106 Å². The molecule has 5 heteroatoms. The highest BCUT2D eigenvalue weighted by Gasteiger charge is 2.38. The molecule has 3 heterocycles. The van der Waals surface area contributed by atoms with E-state index in [-0.39, 0.29) is 5.91 Å². The molecule has 1 aromatic heterocycles. The van der Waals surface area contributed by atoms with Gasteiger partial charge in [0.25, 0.3) is 5.91 Å². The number of hydrogen-bond donors (Lipinski definition) is 1. The molecule has 2 atom stereocenters. The first-order valence-corrected chi connectivity index (χ1v) is 6.35. The van der Waals surface area contributed by atoms with Gasteiger partial charge in [-0.15, -0.1) is 0 Å².